The summed E-state index contributed by atoms with van der Waals surface area (Å²) in [5.41, 5.74) is 2.40. The van der Waals surface area contributed by atoms with Crippen molar-refractivity contribution in [1.82, 2.24) is 0 Å². The smallest absolute Gasteiger partial charge is 0.339 e. The lowest BCUT2D eigenvalue weighted by atomic mass is 10.0. The summed E-state index contributed by atoms with van der Waals surface area (Å²) in [7, 11) is 0. The largest absolute Gasteiger partial charge is 0.457 e. The van der Waals surface area contributed by atoms with Gasteiger partial charge in [-0.15, -0.1) is 0 Å². The molecule has 0 fully saturated rings. The van der Waals surface area contributed by atoms with Crippen LogP contribution in [-0.4, -0.2) is 12.8 Å². The normalized spacial score (nSPS) is 12.3. The summed E-state index contributed by atoms with van der Waals surface area (Å²) >= 11 is 6.02. The molecule has 0 aliphatic carbocycles. The predicted molar refractivity (Wildman–Crippen MR) is 87.1 cm³/mol. The molecule has 1 aliphatic heterocycles. The first-order chi connectivity index (χ1) is 11.2. The molecule has 0 unspecified atom stereocenters. The summed E-state index contributed by atoms with van der Waals surface area (Å²) in [5.74, 6) is 0.999. The van der Waals surface area contributed by atoms with Crippen LogP contribution in [0.4, 0.5) is 0 Å². The minimum absolute atomic E-state index is 0.177. The van der Waals surface area contributed by atoms with E-state index >= 15 is 0 Å². The van der Waals surface area contributed by atoms with Crippen molar-refractivity contribution in [3.05, 3.63) is 58.1 Å². The van der Waals surface area contributed by atoms with Gasteiger partial charge >= 0.3 is 5.97 Å². The first kappa shape index (κ1) is 15.7. The maximum atomic E-state index is 12.2. The minimum Gasteiger partial charge on any atom is -0.457 e. The summed E-state index contributed by atoms with van der Waals surface area (Å²) in [6.45, 7) is 2.50. The third-order valence-corrected chi connectivity index (χ3v) is 4.00. The zero-order valence-electron chi connectivity index (χ0n) is 12.8. The monoisotopic (exact) mass is 332 g/mol. The summed E-state index contributed by atoms with van der Waals surface area (Å²) in [5, 5.41) is 0.386. The molecule has 4 nitrogen and oxygen atoms in total. The fourth-order valence-electron chi connectivity index (χ4n) is 2.51. The average Bonchev–Trinajstić information content (AvgIpc) is 3.00. The van der Waals surface area contributed by atoms with Crippen molar-refractivity contribution >= 4 is 17.6 Å². The van der Waals surface area contributed by atoms with Gasteiger partial charge in [0.15, 0.2) is 11.5 Å². The molecule has 0 bridgehead atoms. The average molecular weight is 333 g/mol. The number of hydrogen-bond donors (Lipinski definition) is 0. The number of ether oxygens (including phenoxy) is 3. The Morgan fingerprint density at radius 2 is 1.87 bits per heavy atom. The summed E-state index contributed by atoms with van der Waals surface area (Å²) < 4.78 is 16.2. The molecule has 0 saturated heterocycles. The van der Waals surface area contributed by atoms with Crippen LogP contribution in [0, 0.1) is 0 Å². The third-order valence-electron chi connectivity index (χ3n) is 3.67. The van der Waals surface area contributed by atoms with Crippen molar-refractivity contribution in [2.45, 2.75) is 26.4 Å². The van der Waals surface area contributed by atoms with E-state index in [1.165, 1.54) is 0 Å². The molecule has 0 N–H and O–H groups in total. The van der Waals surface area contributed by atoms with E-state index in [2.05, 4.69) is 6.92 Å². The van der Waals surface area contributed by atoms with Crippen LogP contribution in [0.5, 0.6) is 11.5 Å². The number of halogens is 1. The number of carbonyl (C=O) groups excluding carboxylic acids is 1. The SMILES string of the molecule is CCCc1cc2c(cc1COC(=O)c1ccccc1Cl)OCO2. The van der Waals surface area contributed by atoms with Gasteiger partial charge in [-0.3, -0.25) is 0 Å². The molecular weight excluding hydrogens is 316 g/mol. The lowest BCUT2D eigenvalue weighted by molar-refractivity contribution is 0.0471. The zero-order valence-corrected chi connectivity index (χ0v) is 13.6. The van der Waals surface area contributed by atoms with E-state index in [-0.39, 0.29) is 13.4 Å². The molecule has 0 saturated carbocycles. The Labute approximate surface area is 139 Å². The number of fused-ring (bicyclic) bond motifs is 1. The fourth-order valence-corrected chi connectivity index (χ4v) is 2.72. The number of carbonyl (C=O) groups is 1. The molecule has 120 valence electrons. The van der Waals surface area contributed by atoms with Crippen LogP contribution in [0.3, 0.4) is 0 Å². The van der Waals surface area contributed by atoms with Crippen molar-refractivity contribution in [1.29, 1.82) is 0 Å². The van der Waals surface area contributed by atoms with Crippen molar-refractivity contribution in [2.75, 3.05) is 6.79 Å². The van der Waals surface area contributed by atoms with E-state index in [0.717, 1.165) is 29.7 Å². The van der Waals surface area contributed by atoms with E-state index < -0.39 is 5.97 Å². The lowest BCUT2D eigenvalue weighted by Crippen LogP contribution is -2.07. The van der Waals surface area contributed by atoms with Gasteiger partial charge in [0.25, 0.3) is 0 Å². The number of hydrogen-bond acceptors (Lipinski definition) is 4. The van der Waals surface area contributed by atoms with Crippen molar-refractivity contribution in [3.8, 4) is 11.5 Å². The van der Waals surface area contributed by atoms with E-state index in [0.29, 0.717) is 16.3 Å². The Kier molecular flexibility index (Phi) is 4.72. The van der Waals surface area contributed by atoms with Gasteiger partial charge in [0.05, 0.1) is 10.6 Å². The predicted octanol–water partition coefficient (Wildman–Crippen LogP) is 4.38. The molecule has 2 aromatic rings. The quantitative estimate of drug-likeness (QED) is 0.762. The summed E-state index contributed by atoms with van der Waals surface area (Å²) in [6.07, 6.45) is 1.88. The molecule has 0 spiro atoms. The molecule has 5 heteroatoms. The third kappa shape index (κ3) is 3.42. The van der Waals surface area contributed by atoms with E-state index in [1.54, 1.807) is 24.3 Å². The molecule has 2 aromatic carbocycles. The van der Waals surface area contributed by atoms with Crippen molar-refractivity contribution in [3.63, 3.8) is 0 Å². The molecule has 1 heterocycles. The molecule has 0 aromatic heterocycles. The standard InChI is InChI=1S/C18H17ClO4/c1-2-5-12-8-16-17(23-11-22-16)9-13(12)10-21-18(20)14-6-3-4-7-15(14)19/h3-4,6-9H,2,5,10-11H2,1H3. The highest BCUT2D eigenvalue weighted by atomic mass is 35.5. The highest BCUT2D eigenvalue weighted by Gasteiger charge is 2.18. The van der Waals surface area contributed by atoms with Crippen molar-refractivity contribution in [2.24, 2.45) is 0 Å². The van der Waals surface area contributed by atoms with E-state index in [9.17, 15) is 4.79 Å². The maximum absolute atomic E-state index is 12.2. The van der Waals surface area contributed by atoms with Crippen LogP contribution in [0.25, 0.3) is 0 Å². The number of aryl methyl sites for hydroxylation is 1. The molecule has 0 atom stereocenters. The van der Waals surface area contributed by atoms with Crippen LogP contribution < -0.4 is 9.47 Å². The van der Waals surface area contributed by atoms with Crippen molar-refractivity contribution < 1.29 is 19.0 Å². The van der Waals surface area contributed by atoms with Crippen LogP contribution in [0.15, 0.2) is 36.4 Å². The Balaban J connectivity index is 1.77. The molecule has 1 aliphatic rings. The highest BCUT2D eigenvalue weighted by Crippen LogP contribution is 2.35. The van der Waals surface area contributed by atoms with Crippen LogP contribution in [-0.2, 0) is 17.8 Å². The first-order valence-electron chi connectivity index (χ1n) is 7.52. The van der Waals surface area contributed by atoms with Gasteiger partial charge in [-0.25, -0.2) is 4.79 Å². The van der Waals surface area contributed by atoms with Gasteiger partial charge in [0.2, 0.25) is 6.79 Å². The molecule has 0 amide bonds. The van der Waals surface area contributed by atoms with Crippen LogP contribution in [0.2, 0.25) is 5.02 Å². The second kappa shape index (κ2) is 6.92. The van der Waals surface area contributed by atoms with Gasteiger partial charge in [0.1, 0.15) is 6.61 Å². The molecular formula is C18H17ClO4. The second-order valence-corrected chi connectivity index (χ2v) is 5.69. The van der Waals surface area contributed by atoms with Crippen LogP contribution in [0.1, 0.15) is 34.8 Å². The van der Waals surface area contributed by atoms with Gasteiger partial charge in [0, 0.05) is 0 Å². The van der Waals surface area contributed by atoms with Gasteiger partial charge in [-0.1, -0.05) is 37.1 Å². The second-order valence-electron chi connectivity index (χ2n) is 5.28. The summed E-state index contributed by atoms with van der Waals surface area (Å²) in [4.78, 5) is 12.2. The van der Waals surface area contributed by atoms with Gasteiger partial charge in [-0.2, -0.15) is 0 Å². The van der Waals surface area contributed by atoms with Gasteiger partial charge < -0.3 is 14.2 Å². The Bertz CT molecular complexity index is 727. The highest BCUT2D eigenvalue weighted by molar-refractivity contribution is 6.33. The Hall–Kier alpha value is -2.20. The minimum atomic E-state index is -0.435. The topological polar surface area (TPSA) is 44.8 Å². The molecule has 0 radical (unpaired) electrons. The van der Waals surface area contributed by atoms with Gasteiger partial charge in [-0.05, 0) is 41.8 Å². The maximum Gasteiger partial charge on any atom is 0.339 e. The number of esters is 1. The zero-order chi connectivity index (χ0) is 16.2. The van der Waals surface area contributed by atoms with Crippen LogP contribution >= 0.6 is 11.6 Å². The fraction of sp³-hybridized carbons (Fsp3) is 0.278. The molecule has 23 heavy (non-hydrogen) atoms. The number of benzene rings is 2. The molecule has 3 rings (SSSR count). The first-order valence-corrected chi connectivity index (χ1v) is 7.90. The Morgan fingerprint density at radius 3 is 2.57 bits per heavy atom. The van der Waals surface area contributed by atoms with E-state index in [4.69, 9.17) is 25.8 Å². The van der Waals surface area contributed by atoms with E-state index in [1.807, 2.05) is 12.1 Å². The lowest BCUT2D eigenvalue weighted by Gasteiger charge is -2.11. The Morgan fingerprint density at radius 1 is 1.17 bits per heavy atom. The summed E-state index contributed by atoms with van der Waals surface area (Å²) in [6, 6.07) is 10.7. The number of rotatable bonds is 5.